The average molecular weight is 1850 g/mol. The van der Waals surface area contributed by atoms with Crippen molar-refractivity contribution in [2.75, 3.05) is 86.2 Å². The maximum absolute atomic E-state index is 12.5. The number of aliphatic hydroxyl groups is 1. The maximum Gasteiger partial charge on any atom is 0.291 e. The van der Waals surface area contributed by atoms with Crippen molar-refractivity contribution in [3.05, 3.63) is 187 Å². The molecule has 3 aromatic heterocycles. The zero-order valence-electron chi connectivity index (χ0n) is 74.4. The van der Waals surface area contributed by atoms with Crippen LogP contribution >= 0.6 is 51.4 Å². The van der Waals surface area contributed by atoms with E-state index in [0.717, 1.165) is 152 Å². The summed E-state index contributed by atoms with van der Waals surface area (Å²) in [5.41, 5.74) is 27.5. The van der Waals surface area contributed by atoms with Gasteiger partial charge < -0.3 is 83.6 Å². The van der Waals surface area contributed by atoms with Crippen LogP contribution in [0, 0.1) is 0 Å². The summed E-state index contributed by atoms with van der Waals surface area (Å²) in [6, 6.07) is 44.3. The first-order valence-electron chi connectivity index (χ1n) is 45.0. The molecular formula is C95H136BrClN20O7S2. The van der Waals surface area contributed by atoms with Gasteiger partial charge in [-0.15, -0.1) is 29.3 Å². The number of halogens is 2. The van der Waals surface area contributed by atoms with E-state index in [0.29, 0.717) is 65.6 Å². The number of thiazole rings is 1. The van der Waals surface area contributed by atoms with E-state index in [1.807, 2.05) is 128 Å². The number of nitrogens with zero attached hydrogens (tertiary/aromatic N) is 10. The standard InChI is InChI=1S/C18H26N4O.C17H12N4OS2.C16H24BrNO3.C16H22N4O.C15H20N4O.C13H31N3.ClH/c1-2-3-12-23-15-8-6-14(7-9-15)13-16-20-17(19)22-18(21-16)10-4-5-11-18;1-23-13-6-4-11(5-7-13)9-14-16(22)21-17(24-14)19-15(20-21)12-3-2-8-18-10-12;17-13-5-7-16(8-6-13)21-10-9-20-12-15(19)11-18-14-3-1-2-4-14;1-21-13-7-5-6-12(10-13)11-14-18-15(17)20-16(19-14)8-3-2-4-9-16;1-20-12-6-4-11(5-7-12)10-13-17-14(16)19-15(18-13)8-2-3-9-15;1-2-10-15-11-7-4-8-13-16-12-6-3-5-9-14;/h6-9H,2-5,10-13H2,1H3,(H3,19,20,21,22);2-10H,1H3;5-8,14-15,18-19H,1-4,9-12H2;5-7,10H,2-4,8-9,11H2,1H3,(H3,17,18,19,20);4-7H,2-3,8-10H2,1H3,(H3,16,17,18,19);15-16H,2-14H2,1H3;1H/b;14-9+;;;;;. The number of aliphatic hydroxyl groups excluding tert-OH is 1. The lowest BCUT2D eigenvalue weighted by Crippen LogP contribution is -2.47. The lowest BCUT2D eigenvalue weighted by Gasteiger charge is -2.34. The van der Waals surface area contributed by atoms with Crippen LogP contribution in [0.5, 0.6) is 23.0 Å². The number of ether oxygens (including phenoxy) is 5. The van der Waals surface area contributed by atoms with Crippen molar-refractivity contribution in [3.63, 3.8) is 0 Å². The fraction of sp³-hybridized carbons (Fsp3) is 0.516. The minimum atomic E-state index is -0.446. The van der Waals surface area contributed by atoms with Gasteiger partial charge in [-0.25, -0.2) is 30.0 Å². The van der Waals surface area contributed by atoms with Crippen LogP contribution in [0.25, 0.3) is 22.4 Å². The molecule has 8 aromatic rings. The topological polar surface area (TPSA) is 377 Å². The third kappa shape index (κ3) is 34.8. The number of thioether (sulfide) groups is 1. The Morgan fingerprint density at radius 2 is 1.11 bits per heavy atom. The molecule has 0 amide bonds. The third-order valence-electron chi connectivity index (χ3n) is 22.2. The van der Waals surface area contributed by atoms with Crippen LogP contribution in [0.15, 0.2) is 190 Å². The Kier molecular flexibility index (Phi) is 43.9. The number of benzene rings is 5. The van der Waals surface area contributed by atoms with E-state index in [1.54, 1.807) is 38.4 Å². The van der Waals surface area contributed by atoms with Gasteiger partial charge in [0.1, 0.15) is 47.1 Å². The van der Waals surface area contributed by atoms with Gasteiger partial charge in [0.15, 0.2) is 40.7 Å². The molecule has 15 rings (SSSR count). The Morgan fingerprint density at radius 3 is 1.63 bits per heavy atom. The summed E-state index contributed by atoms with van der Waals surface area (Å²) in [4.78, 5) is 50.9. The maximum atomic E-state index is 12.5. The number of nitrogens with one attached hydrogen (secondary N) is 6. The molecule has 15 N–H and O–H groups in total. The molecule has 27 nitrogen and oxygen atoms in total. The molecule has 31 heteroatoms. The molecule has 3 aliphatic heterocycles. The number of fused-ring (bicyclic) bond motifs is 1. The van der Waals surface area contributed by atoms with Crippen LogP contribution in [0.3, 0.4) is 0 Å². The van der Waals surface area contributed by atoms with Crippen LogP contribution in [-0.2, 0) is 24.0 Å². The SMILES string of the molecule is CCCCOc1ccc(CC2=NC3(CCCC3)N=C(N)N2)cc1.CCCNCCCCCNCCCCCN.COc1ccc(CC2=NC3(CCCC3)N=C(N)N2)cc1.COc1cccc(CC2=NC3(CCCCC3)N=C(N)N2)c1.CSc1ccc(/C=c2/sc3nc(-c4cccnc4)nn3c2=O)cc1.Cl.OC(CNC1CCCC1)COCCOc1ccc(Br)cc1. The average Bonchev–Trinajstić information content (AvgIpc) is 1.62. The van der Waals surface area contributed by atoms with Crippen LogP contribution in [0.1, 0.15) is 203 Å². The zero-order chi connectivity index (χ0) is 88.2. The molecule has 1 atom stereocenters. The van der Waals surface area contributed by atoms with Crippen molar-refractivity contribution in [1.29, 1.82) is 0 Å². The highest BCUT2D eigenvalue weighted by Gasteiger charge is 2.38. The first-order valence-corrected chi connectivity index (χ1v) is 47.9. The molecule has 0 saturated heterocycles. The van der Waals surface area contributed by atoms with Crippen LogP contribution in [0.2, 0.25) is 0 Å². The molecule has 7 aliphatic rings. The van der Waals surface area contributed by atoms with Gasteiger partial charge in [-0.3, -0.25) is 9.78 Å². The second-order valence-corrected chi connectivity index (χ2v) is 35.2. The Labute approximate surface area is 768 Å². The minimum Gasteiger partial charge on any atom is -0.497 e. The molecule has 684 valence electrons. The predicted molar refractivity (Wildman–Crippen MR) is 523 cm³/mol. The van der Waals surface area contributed by atoms with E-state index in [1.165, 1.54) is 167 Å². The van der Waals surface area contributed by atoms with Crippen molar-refractivity contribution >= 4 is 97.9 Å². The number of aliphatic imine (C=N–C) groups is 6. The molecular weight excluding hydrogens is 1710 g/mol. The van der Waals surface area contributed by atoms with Crippen molar-refractivity contribution in [1.82, 2.24) is 51.5 Å². The Bertz CT molecular complexity index is 4770. The zero-order valence-corrected chi connectivity index (χ0v) is 78.5. The Morgan fingerprint density at radius 1 is 0.587 bits per heavy atom. The van der Waals surface area contributed by atoms with Crippen LogP contribution < -0.4 is 83.9 Å². The summed E-state index contributed by atoms with van der Waals surface area (Å²) in [6.07, 6.45) is 39.6. The van der Waals surface area contributed by atoms with Crippen molar-refractivity contribution < 1.29 is 28.8 Å². The largest absolute Gasteiger partial charge is 0.497 e. The van der Waals surface area contributed by atoms with Crippen molar-refractivity contribution in [2.45, 2.75) is 234 Å². The molecule has 5 aromatic carbocycles. The number of guanidine groups is 3. The lowest BCUT2D eigenvalue weighted by molar-refractivity contribution is 0.0240. The smallest absolute Gasteiger partial charge is 0.291 e. The van der Waals surface area contributed by atoms with Gasteiger partial charge >= 0.3 is 0 Å². The Balaban J connectivity index is 0.000000172. The summed E-state index contributed by atoms with van der Waals surface area (Å²) in [5, 5.41) is 33.8. The summed E-state index contributed by atoms with van der Waals surface area (Å²) in [5.74, 6) is 8.19. The lowest BCUT2D eigenvalue weighted by atomic mass is 9.89. The summed E-state index contributed by atoms with van der Waals surface area (Å²) < 4.78 is 30.1. The van der Waals surface area contributed by atoms with Crippen molar-refractivity contribution in [2.24, 2.45) is 52.9 Å². The van der Waals surface area contributed by atoms with E-state index in [2.05, 4.69) is 110 Å². The van der Waals surface area contributed by atoms with Crippen LogP contribution in [0.4, 0.5) is 0 Å². The number of hydrogen-bond donors (Lipinski definition) is 11. The number of nitrogens with two attached hydrogens (primary N) is 4. The number of methoxy groups -OCH3 is 2. The number of unbranched alkanes of at least 4 members (excludes halogenated alkanes) is 5. The molecule has 3 spiro atoms. The van der Waals surface area contributed by atoms with Gasteiger partial charge in [-0.1, -0.05) is 128 Å². The summed E-state index contributed by atoms with van der Waals surface area (Å²) >= 11 is 6.41. The van der Waals surface area contributed by atoms with Gasteiger partial charge in [-0.05, 0) is 281 Å². The van der Waals surface area contributed by atoms with Gasteiger partial charge in [0.2, 0.25) is 4.96 Å². The molecule has 0 radical (unpaired) electrons. The number of amidine groups is 3. The normalized spacial score (nSPS) is 16.7. The van der Waals surface area contributed by atoms with E-state index in [9.17, 15) is 9.90 Å². The van der Waals surface area contributed by atoms with Gasteiger partial charge in [-0.2, -0.15) is 9.50 Å². The second-order valence-electron chi connectivity index (χ2n) is 32.4. The number of hydrogen-bond acceptors (Lipinski definition) is 28. The number of rotatable bonds is 37. The highest BCUT2D eigenvalue weighted by molar-refractivity contribution is 9.10. The summed E-state index contributed by atoms with van der Waals surface area (Å²) in [7, 11) is 3.35. The highest BCUT2D eigenvalue weighted by atomic mass is 79.9. The number of pyridine rings is 1. The predicted octanol–water partition coefficient (Wildman–Crippen LogP) is 14.6. The molecule has 4 aliphatic carbocycles. The first-order chi connectivity index (χ1) is 61.0. The van der Waals surface area contributed by atoms with Gasteiger partial charge in [0, 0.05) is 59.2 Å². The van der Waals surface area contributed by atoms with E-state index < -0.39 is 6.10 Å². The molecule has 6 heterocycles. The molecule has 1 unspecified atom stereocenters. The Hall–Kier alpha value is -9.08. The molecule has 4 fully saturated rings. The first kappa shape index (κ1) is 101. The second kappa shape index (κ2) is 54.9. The van der Waals surface area contributed by atoms with Crippen LogP contribution in [-0.4, -0.2) is 175 Å². The molecule has 0 bridgehead atoms. The fourth-order valence-electron chi connectivity index (χ4n) is 15.6. The molecule has 4 saturated carbocycles. The fourth-order valence-corrected chi connectivity index (χ4v) is 17.2. The van der Waals surface area contributed by atoms with E-state index in [4.69, 9.17) is 61.6 Å². The summed E-state index contributed by atoms with van der Waals surface area (Å²) in [6.45, 7) is 12.6. The van der Waals surface area contributed by atoms with E-state index >= 15 is 0 Å². The monoisotopic (exact) mass is 1850 g/mol. The quantitative estimate of drug-likeness (QED) is 0.0127. The van der Waals surface area contributed by atoms with Gasteiger partial charge in [0.05, 0.1) is 44.7 Å². The molecule has 126 heavy (non-hydrogen) atoms. The van der Waals surface area contributed by atoms with Gasteiger partial charge in [0.25, 0.3) is 5.56 Å². The van der Waals surface area contributed by atoms with Crippen molar-refractivity contribution in [3.8, 4) is 34.4 Å². The van der Waals surface area contributed by atoms with E-state index in [-0.39, 0.29) is 35.0 Å². The highest BCUT2D eigenvalue weighted by Crippen LogP contribution is 2.38. The third-order valence-corrected chi connectivity index (χ3v) is 24.4. The number of aromatic nitrogens is 4. The minimum absolute atomic E-state index is 0.